The minimum Gasteiger partial charge on any atom is -0.507 e. The van der Waals surface area contributed by atoms with Crippen molar-refractivity contribution >= 4 is 10.9 Å². The minimum atomic E-state index is -0.612. The molecule has 2 aromatic rings. The summed E-state index contributed by atoms with van der Waals surface area (Å²) in [6, 6.07) is 7.08. The zero-order valence-electron chi connectivity index (χ0n) is 7.00. The summed E-state index contributed by atoms with van der Waals surface area (Å²) in [5.74, 6) is -0.811. The van der Waals surface area contributed by atoms with E-state index in [1.165, 1.54) is 6.07 Å². The summed E-state index contributed by atoms with van der Waals surface area (Å²) in [5, 5.41) is 9.64. The van der Waals surface area contributed by atoms with Crippen LogP contribution in [-0.4, -0.2) is 10.1 Å². The molecule has 0 saturated heterocycles. The Labute approximate surface area is 74.7 Å². The van der Waals surface area contributed by atoms with Crippen molar-refractivity contribution in [1.82, 2.24) is 4.98 Å². The Morgan fingerprint density at radius 3 is 3.00 bits per heavy atom. The number of rotatable bonds is 0. The summed E-state index contributed by atoms with van der Waals surface area (Å²) < 4.78 is 13.1. The number of hydrogen-bond donors (Lipinski definition) is 1. The first-order chi connectivity index (χ1) is 6.16. The third-order valence-electron chi connectivity index (χ3n) is 1.80. The maximum Gasteiger partial charge on any atom is 0.161 e. The highest BCUT2D eigenvalue weighted by Gasteiger charge is 2.04. The van der Waals surface area contributed by atoms with Gasteiger partial charge < -0.3 is 5.11 Å². The van der Waals surface area contributed by atoms with Crippen LogP contribution < -0.4 is 0 Å². The molecule has 1 N–H and O–H groups in total. The number of fused-ring (bicyclic) bond motifs is 1. The van der Waals surface area contributed by atoms with Gasteiger partial charge in [-0.1, -0.05) is 6.07 Å². The Morgan fingerprint density at radius 2 is 2.23 bits per heavy atom. The molecule has 3 heteroatoms. The molecule has 2 rings (SSSR count). The van der Waals surface area contributed by atoms with Gasteiger partial charge in [-0.2, -0.15) is 0 Å². The molecule has 13 heavy (non-hydrogen) atoms. The summed E-state index contributed by atoms with van der Waals surface area (Å²) in [7, 11) is 0. The molecule has 0 bridgehead atoms. The van der Waals surface area contributed by atoms with E-state index in [0.29, 0.717) is 5.39 Å². The molecular formula is C10H7FNO. The average Bonchev–Trinajstić information content (AvgIpc) is 2.06. The molecule has 1 heterocycles. The van der Waals surface area contributed by atoms with E-state index in [9.17, 15) is 4.39 Å². The van der Waals surface area contributed by atoms with Gasteiger partial charge in [-0.05, 0) is 19.1 Å². The van der Waals surface area contributed by atoms with Crippen molar-refractivity contribution < 1.29 is 9.50 Å². The lowest BCUT2D eigenvalue weighted by atomic mass is 10.2. The Hall–Kier alpha value is -1.64. The van der Waals surface area contributed by atoms with Crippen LogP contribution in [0.2, 0.25) is 0 Å². The number of aromatic nitrogens is 1. The molecule has 1 aromatic heterocycles. The van der Waals surface area contributed by atoms with Crippen LogP contribution >= 0.6 is 0 Å². The maximum absolute atomic E-state index is 13.1. The van der Waals surface area contributed by atoms with Crippen molar-refractivity contribution in [3.63, 3.8) is 0 Å². The quantitative estimate of drug-likeness (QED) is 0.667. The van der Waals surface area contributed by atoms with Crippen LogP contribution in [0.3, 0.4) is 0 Å². The summed E-state index contributed by atoms with van der Waals surface area (Å²) in [5.41, 5.74) is 0.989. The Bertz CT molecular complexity index is 468. The lowest BCUT2D eigenvalue weighted by Gasteiger charge is -2.00. The molecule has 1 aromatic carbocycles. The molecule has 0 saturated carbocycles. The zero-order valence-corrected chi connectivity index (χ0v) is 7.00. The molecule has 0 aliphatic rings. The van der Waals surface area contributed by atoms with E-state index in [2.05, 4.69) is 11.1 Å². The van der Waals surface area contributed by atoms with Gasteiger partial charge in [0.05, 0.1) is 6.07 Å². The van der Waals surface area contributed by atoms with Crippen molar-refractivity contribution in [2.75, 3.05) is 0 Å². The highest BCUT2D eigenvalue weighted by Crippen LogP contribution is 2.21. The van der Waals surface area contributed by atoms with E-state index >= 15 is 0 Å². The fourth-order valence-corrected chi connectivity index (χ4v) is 1.21. The van der Waals surface area contributed by atoms with E-state index in [1.807, 2.05) is 0 Å². The first-order valence-corrected chi connectivity index (χ1v) is 3.85. The number of hydrogen-bond acceptors (Lipinski definition) is 2. The number of benzene rings is 1. The number of phenolic OH excluding ortho intramolecular Hbond substituents is 1. The lowest BCUT2D eigenvalue weighted by Crippen LogP contribution is -1.87. The molecule has 0 spiro atoms. The minimum absolute atomic E-state index is 0.198. The highest BCUT2D eigenvalue weighted by molar-refractivity contribution is 5.80. The molecule has 0 aliphatic carbocycles. The van der Waals surface area contributed by atoms with Gasteiger partial charge in [-0.15, -0.1) is 0 Å². The third kappa shape index (κ3) is 1.33. The van der Waals surface area contributed by atoms with Gasteiger partial charge in [0.25, 0.3) is 0 Å². The Balaban J connectivity index is 2.87. The third-order valence-corrected chi connectivity index (χ3v) is 1.80. The summed E-state index contributed by atoms with van der Waals surface area (Å²) in [6.45, 7) is 1.78. The number of aromatic hydroxyl groups is 1. The van der Waals surface area contributed by atoms with Crippen LogP contribution in [0.25, 0.3) is 10.9 Å². The molecule has 0 unspecified atom stereocenters. The first kappa shape index (κ1) is 7.98. The second kappa shape index (κ2) is 2.69. The Kier molecular flexibility index (Phi) is 1.65. The number of nitrogens with zero attached hydrogens (tertiary/aromatic N) is 1. The van der Waals surface area contributed by atoms with Crippen LogP contribution in [0.15, 0.2) is 18.2 Å². The van der Waals surface area contributed by atoms with E-state index in [1.54, 1.807) is 19.1 Å². The Morgan fingerprint density at radius 1 is 1.46 bits per heavy atom. The smallest absolute Gasteiger partial charge is 0.161 e. The highest BCUT2D eigenvalue weighted by atomic mass is 19.1. The first-order valence-electron chi connectivity index (χ1n) is 3.85. The van der Waals surface area contributed by atoms with Crippen LogP contribution in [0.5, 0.6) is 5.75 Å². The van der Waals surface area contributed by atoms with Gasteiger partial charge in [0.2, 0.25) is 0 Å². The lowest BCUT2D eigenvalue weighted by molar-refractivity contribution is 0.469. The van der Waals surface area contributed by atoms with Crippen molar-refractivity contribution in [3.05, 3.63) is 35.8 Å². The van der Waals surface area contributed by atoms with Gasteiger partial charge in [0.1, 0.15) is 11.3 Å². The van der Waals surface area contributed by atoms with E-state index in [-0.39, 0.29) is 11.3 Å². The standard InChI is InChI=1S/C10H7FNO/c1-6-2-3-7-4-8(13)5-9(11)10(7)12-6/h2-4,13H,1H3. The molecule has 2 nitrogen and oxygen atoms in total. The van der Waals surface area contributed by atoms with Crippen LogP contribution in [0, 0.1) is 18.8 Å². The van der Waals surface area contributed by atoms with Crippen LogP contribution in [0.4, 0.5) is 4.39 Å². The average molecular weight is 176 g/mol. The largest absolute Gasteiger partial charge is 0.507 e. The monoisotopic (exact) mass is 176 g/mol. The van der Waals surface area contributed by atoms with Gasteiger partial charge in [-0.3, -0.25) is 4.98 Å². The topological polar surface area (TPSA) is 33.1 Å². The van der Waals surface area contributed by atoms with Crippen molar-refractivity contribution in [3.8, 4) is 5.75 Å². The van der Waals surface area contributed by atoms with Gasteiger partial charge in [0, 0.05) is 11.1 Å². The molecule has 0 fully saturated rings. The molecule has 0 atom stereocenters. The predicted octanol–water partition coefficient (Wildman–Crippen LogP) is 2.19. The zero-order chi connectivity index (χ0) is 9.42. The second-order valence-corrected chi connectivity index (χ2v) is 2.86. The van der Waals surface area contributed by atoms with E-state index in [4.69, 9.17) is 5.11 Å². The summed E-state index contributed by atoms with van der Waals surface area (Å²) >= 11 is 0. The predicted molar refractivity (Wildman–Crippen MR) is 46.9 cm³/mol. The number of halogens is 1. The fourth-order valence-electron chi connectivity index (χ4n) is 1.21. The molecular weight excluding hydrogens is 169 g/mol. The van der Waals surface area contributed by atoms with Crippen molar-refractivity contribution in [1.29, 1.82) is 0 Å². The normalized spacial score (nSPS) is 10.6. The molecule has 1 radical (unpaired) electrons. The molecule has 0 amide bonds. The summed E-state index contributed by atoms with van der Waals surface area (Å²) in [4.78, 5) is 4.00. The van der Waals surface area contributed by atoms with Crippen LogP contribution in [-0.2, 0) is 0 Å². The maximum atomic E-state index is 13.1. The van der Waals surface area contributed by atoms with Crippen molar-refractivity contribution in [2.45, 2.75) is 6.92 Å². The molecule has 0 aliphatic heterocycles. The SMILES string of the molecule is Cc1ccc2cc(O)[c]c(F)c2n1. The number of phenols is 1. The van der Waals surface area contributed by atoms with Gasteiger partial charge in [0.15, 0.2) is 5.82 Å². The molecule has 65 valence electrons. The number of aryl methyl sites for hydroxylation is 1. The summed E-state index contributed by atoms with van der Waals surface area (Å²) in [6.07, 6.45) is 0. The van der Waals surface area contributed by atoms with Crippen molar-refractivity contribution in [2.24, 2.45) is 0 Å². The van der Waals surface area contributed by atoms with E-state index < -0.39 is 5.82 Å². The second-order valence-electron chi connectivity index (χ2n) is 2.86. The van der Waals surface area contributed by atoms with Gasteiger partial charge >= 0.3 is 0 Å². The fraction of sp³-hybridized carbons (Fsp3) is 0.100. The number of pyridine rings is 1. The van der Waals surface area contributed by atoms with E-state index in [0.717, 1.165) is 5.69 Å². The van der Waals surface area contributed by atoms with Crippen LogP contribution in [0.1, 0.15) is 5.69 Å². The van der Waals surface area contributed by atoms with Gasteiger partial charge in [-0.25, -0.2) is 4.39 Å².